The SMILES string of the molecule is COc1ccc(Cn2c3c(c4ccccc42)CCN2CN(S(=O)(=O)c4ccccc4)c4ccccc4C2(CCO)C3=O)cc1. The first kappa shape index (κ1) is 28.3. The van der Waals surface area contributed by atoms with Gasteiger partial charge in [0.25, 0.3) is 10.0 Å². The number of benzene rings is 4. The zero-order chi connectivity index (χ0) is 30.5. The maximum Gasteiger partial charge on any atom is 0.265 e. The first-order valence-electron chi connectivity index (χ1n) is 14.7. The Bertz CT molecular complexity index is 1970. The molecule has 0 radical (unpaired) electrons. The Morgan fingerprint density at radius 3 is 2.34 bits per heavy atom. The summed E-state index contributed by atoms with van der Waals surface area (Å²) >= 11 is 0. The highest BCUT2D eigenvalue weighted by atomic mass is 32.2. The number of carbonyl (C=O) groups is 1. The second kappa shape index (κ2) is 10.9. The van der Waals surface area contributed by atoms with Crippen LogP contribution in [0.5, 0.6) is 5.75 Å². The van der Waals surface area contributed by atoms with E-state index in [9.17, 15) is 13.5 Å². The van der Waals surface area contributed by atoms with Crippen LogP contribution in [0.3, 0.4) is 0 Å². The lowest BCUT2D eigenvalue weighted by Gasteiger charge is -2.49. The molecule has 9 heteroatoms. The van der Waals surface area contributed by atoms with Gasteiger partial charge in [0.1, 0.15) is 11.3 Å². The summed E-state index contributed by atoms with van der Waals surface area (Å²) in [4.78, 5) is 17.4. The summed E-state index contributed by atoms with van der Waals surface area (Å²) in [5, 5.41) is 11.5. The molecule has 1 unspecified atom stereocenters. The highest BCUT2D eigenvalue weighted by Crippen LogP contribution is 2.49. The molecule has 1 N–H and O–H groups in total. The summed E-state index contributed by atoms with van der Waals surface area (Å²) < 4.78 is 37.0. The fraction of sp³-hybridized carbons (Fsp3) is 0.229. The van der Waals surface area contributed by atoms with Crippen LogP contribution in [-0.4, -0.2) is 55.7 Å². The third kappa shape index (κ3) is 4.26. The Balaban J connectivity index is 1.43. The molecule has 5 aromatic rings. The molecule has 224 valence electrons. The van der Waals surface area contributed by atoms with Gasteiger partial charge in [0.05, 0.1) is 30.1 Å². The quantitative estimate of drug-likeness (QED) is 0.274. The Morgan fingerprint density at radius 1 is 0.886 bits per heavy atom. The lowest BCUT2D eigenvalue weighted by Crippen LogP contribution is -2.60. The smallest absolute Gasteiger partial charge is 0.265 e. The number of carbonyl (C=O) groups excluding carboxylic acids is 1. The number of aromatic nitrogens is 1. The number of aliphatic hydroxyl groups is 1. The number of ether oxygens (including phenoxy) is 1. The molecule has 44 heavy (non-hydrogen) atoms. The van der Waals surface area contributed by atoms with Gasteiger partial charge in [-0.15, -0.1) is 0 Å². The minimum absolute atomic E-state index is 0.0132. The van der Waals surface area contributed by atoms with Gasteiger partial charge in [0.2, 0.25) is 5.78 Å². The third-order valence-corrected chi connectivity index (χ3v) is 10.8. The van der Waals surface area contributed by atoms with E-state index >= 15 is 4.79 Å². The maximum atomic E-state index is 15.3. The van der Waals surface area contributed by atoms with Crippen LogP contribution in [0.1, 0.15) is 33.6 Å². The lowest BCUT2D eigenvalue weighted by atomic mass is 9.78. The zero-order valence-electron chi connectivity index (χ0n) is 24.4. The number of ketones is 1. The van der Waals surface area contributed by atoms with Crippen molar-refractivity contribution >= 4 is 32.4 Å². The van der Waals surface area contributed by atoms with Gasteiger partial charge < -0.3 is 14.4 Å². The van der Waals surface area contributed by atoms with Gasteiger partial charge in [-0.25, -0.2) is 8.42 Å². The molecule has 0 amide bonds. The fourth-order valence-corrected chi connectivity index (χ4v) is 8.46. The molecule has 8 nitrogen and oxygen atoms in total. The fourth-order valence-electron chi connectivity index (χ4n) is 6.99. The number of anilines is 1. The summed E-state index contributed by atoms with van der Waals surface area (Å²) in [5.41, 5.74) is 3.31. The maximum absolute atomic E-state index is 15.3. The van der Waals surface area contributed by atoms with E-state index in [1.54, 1.807) is 49.6 Å². The summed E-state index contributed by atoms with van der Waals surface area (Å²) in [6.45, 7) is 0.651. The van der Waals surface area contributed by atoms with Crippen LogP contribution in [0.4, 0.5) is 5.69 Å². The van der Waals surface area contributed by atoms with Crippen molar-refractivity contribution in [2.24, 2.45) is 0 Å². The van der Waals surface area contributed by atoms with E-state index < -0.39 is 15.6 Å². The van der Waals surface area contributed by atoms with Crippen molar-refractivity contribution in [2.45, 2.75) is 29.8 Å². The van der Waals surface area contributed by atoms with Gasteiger partial charge in [0, 0.05) is 42.6 Å². The Hall–Kier alpha value is -4.44. The van der Waals surface area contributed by atoms with Crippen molar-refractivity contribution < 1.29 is 23.1 Å². The third-order valence-electron chi connectivity index (χ3n) is 9.06. The van der Waals surface area contributed by atoms with E-state index in [1.807, 2.05) is 59.5 Å². The van der Waals surface area contributed by atoms with Crippen LogP contribution in [0.15, 0.2) is 108 Å². The average molecular weight is 608 g/mol. The zero-order valence-corrected chi connectivity index (χ0v) is 25.2. The monoisotopic (exact) mass is 607 g/mol. The van der Waals surface area contributed by atoms with Gasteiger partial charge in [-0.05, 0) is 53.9 Å². The number of sulfonamides is 1. The summed E-state index contributed by atoms with van der Waals surface area (Å²) in [7, 11) is -2.31. The van der Waals surface area contributed by atoms with Crippen molar-refractivity contribution in [1.29, 1.82) is 0 Å². The van der Waals surface area contributed by atoms with Crippen LogP contribution < -0.4 is 9.04 Å². The molecule has 3 heterocycles. The number of methoxy groups -OCH3 is 1. The molecule has 2 aliphatic rings. The van der Waals surface area contributed by atoms with E-state index in [2.05, 4.69) is 10.6 Å². The summed E-state index contributed by atoms with van der Waals surface area (Å²) in [6, 6.07) is 31.5. The Labute approximate surface area is 256 Å². The molecule has 0 saturated heterocycles. The molecule has 1 atom stereocenters. The average Bonchev–Trinajstić information content (AvgIpc) is 3.30. The van der Waals surface area contributed by atoms with Crippen LogP contribution in [0, 0.1) is 0 Å². The molecular weight excluding hydrogens is 574 g/mol. The van der Waals surface area contributed by atoms with E-state index in [0.717, 1.165) is 27.8 Å². The standard InChI is InChI=1S/C35H33N3O5S/c1-43-26-17-15-25(16-18-26)23-37-31-13-7-5-11-28(31)29-19-21-36-24-38(44(41,42)27-9-3-2-4-10-27)32-14-8-6-12-30(32)35(36,20-22-39)34(40)33(29)37/h2-18,39H,19-24H2,1H3. The normalized spacial score (nSPS) is 18.4. The molecule has 0 bridgehead atoms. The van der Waals surface area contributed by atoms with E-state index in [-0.39, 0.29) is 30.4 Å². The first-order valence-corrected chi connectivity index (χ1v) is 16.1. The lowest BCUT2D eigenvalue weighted by molar-refractivity contribution is 0.0408. The molecule has 0 fully saturated rings. The van der Waals surface area contributed by atoms with Crippen LogP contribution in [0.2, 0.25) is 0 Å². The van der Waals surface area contributed by atoms with Gasteiger partial charge in [-0.1, -0.05) is 66.7 Å². The van der Waals surface area contributed by atoms with Crippen molar-refractivity contribution in [2.75, 3.05) is 31.2 Å². The van der Waals surface area contributed by atoms with Crippen LogP contribution >= 0.6 is 0 Å². The summed E-state index contributed by atoms with van der Waals surface area (Å²) in [6.07, 6.45) is 0.678. The molecule has 0 saturated carbocycles. The first-order chi connectivity index (χ1) is 21.4. The van der Waals surface area contributed by atoms with E-state index in [0.29, 0.717) is 36.5 Å². The van der Waals surface area contributed by atoms with Gasteiger partial charge in [0.15, 0.2) is 0 Å². The number of para-hydroxylation sites is 2. The van der Waals surface area contributed by atoms with Crippen molar-refractivity contribution in [3.63, 3.8) is 0 Å². The number of rotatable bonds is 7. The second-order valence-corrected chi connectivity index (χ2v) is 13.1. The van der Waals surface area contributed by atoms with E-state index in [1.165, 1.54) is 4.31 Å². The highest BCUT2D eigenvalue weighted by molar-refractivity contribution is 7.92. The van der Waals surface area contributed by atoms with Crippen molar-refractivity contribution in [3.05, 3.63) is 126 Å². The number of hydrogen-bond donors (Lipinski definition) is 1. The molecular formula is C35H33N3O5S. The van der Waals surface area contributed by atoms with Crippen LogP contribution in [0.25, 0.3) is 10.9 Å². The predicted molar refractivity (Wildman–Crippen MR) is 170 cm³/mol. The van der Waals surface area contributed by atoms with Crippen LogP contribution in [-0.2, 0) is 28.5 Å². The minimum atomic E-state index is -3.94. The molecule has 7 rings (SSSR count). The van der Waals surface area contributed by atoms with Gasteiger partial charge >= 0.3 is 0 Å². The topological polar surface area (TPSA) is 92.1 Å². The number of fused-ring (bicyclic) bond motifs is 6. The van der Waals surface area contributed by atoms with E-state index in [4.69, 9.17) is 4.74 Å². The van der Waals surface area contributed by atoms with Gasteiger partial charge in [-0.2, -0.15) is 0 Å². The number of hydrogen-bond acceptors (Lipinski definition) is 6. The second-order valence-electron chi connectivity index (χ2n) is 11.3. The molecule has 2 aliphatic heterocycles. The molecule has 0 spiro atoms. The number of Topliss-reactive ketones (excluding diaryl/α,β-unsaturated/α-hetero) is 1. The highest BCUT2D eigenvalue weighted by Gasteiger charge is 2.54. The molecule has 1 aromatic heterocycles. The molecule has 4 aromatic carbocycles. The molecule has 0 aliphatic carbocycles. The largest absolute Gasteiger partial charge is 0.497 e. The van der Waals surface area contributed by atoms with Gasteiger partial charge in [-0.3, -0.25) is 14.0 Å². The van der Waals surface area contributed by atoms with Crippen molar-refractivity contribution in [1.82, 2.24) is 9.47 Å². The summed E-state index contributed by atoms with van der Waals surface area (Å²) in [5.74, 6) is 0.625. The number of aliphatic hydroxyl groups excluding tert-OH is 1. The number of nitrogens with zero attached hydrogens (tertiary/aromatic N) is 3. The Morgan fingerprint density at radius 2 is 1.59 bits per heavy atom. The minimum Gasteiger partial charge on any atom is -0.497 e. The predicted octanol–water partition coefficient (Wildman–Crippen LogP) is 5.18. The van der Waals surface area contributed by atoms with Crippen molar-refractivity contribution in [3.8, 4) is 5.75 Å². The Kier molecular flexibility index (Phi) is 7.04.